The fraction of sp³-hybridized carbons (Fsp3) is 0.500. The predicted molar refractivity (Wildman–Crippen MR) is 82.5 cm³/mol. The van der Waals surface area contributed by atoms with E-state index in [0.29, 0.717) is 13.1 Å². The van der Waals surface area contributed by atoms with Crippen LogP contribution in [0.3, 0.4) is 0 Å². The van der Waals surface area contributed by atoms with Gasteiger partial charge in [0.2, 0.25) is 10.0 Å². The summed E-state index contributed by atoms with van der Waals surface area (Å²) < 4.78 is 24.9. The van der Waals surface area contributed by atoms with E-state index < -0.39 is 10.0 Å². The Kier molecular flexibility index (Phi) is 4.21. The lowest BCUT2D eigenvalue weighted by atomic mass is 9.95. The van der Waals surface area contributed by atoms with Gasteiger partial charge in [0.05, 0.1) is 30.0 Å². The molecule has 22 heavy (non-hydrogen) atoms. The summed E-state index contributed by atoms with van der Waals surface area (Å²) in [6.45, 7) is 1.19. The lowest BCUT2D eigenvalue weighted by Crippen LogP contribution is -2.39. The summed E-state index contributed by atoms with van der Waals surface area (Å²) in [5.74, 6) is 0.289. The number of H-pyrrole nitrogens is 1. The summed E-state index contributed by atoms with van der Waals surface area (Å²) in [5, 5.41) is 6.68. The normalized spacial score (nSPS) is 20.1. The molecular formula is C14H19N5O2S. The van der Waals surface area contributed by atoms with Crippen LogP contribution in [0.2, 0.25) is 0 Å². The molecule has 0 amide bonds. The molecule has 0 saturated carbocycles. The van der Waals surface area contributed by atoms with E-state index in [1.807, 2.05) is 0 Å². The molecule has 1 fully saturated rings. The highest BCUT2D eigenvalue weighted by atomic mass is 32.2. The summed E-state index contributed by atoms with van der Waals surface area (Å²) in [6.07, 6.45) is 10.9. The minimum Gasteiger partial charge on any atom is -0.285 e. The van der Waals surface area contributed by atoms with Gasteiger partial charge >= 0.3 is 0 Å². The third-order valence-electron chi connectivity index (χ3n) is 3.93. The molecule has 2 aromatic rings. The topological polar surface area (TPSA) is 91.8 Å². The number of hydrogen-bond donors (Lipinski definition) is 1. The third kappa shape index (κ3) is 3.50. The average Bonchev–Trinajstić information content (AvgIpc) is 3.01. The predicted octanol–water partition coefficient (Wildman–Crippen LogP) is 1.08. The Bertz CT molecular complexity index is 729. The zero-order valence-corrected chi connectivity index (χ0v) is 13.3. The van der Waals surface area contributed by atoms with Crippen LogP contribution in [0.5, 0.6) is 0 Å². The number of aromatic nitrogens is 4. The Labute approximate surface area is 129 Å². The van der Waals surface area contributed by atoms with Crippen LogP contribution >= 0.6 is 0 Å². The zero-order valence-electron chi connectivity index (χ0n) is 12.4. The van der Waals surface area contributed by atoms with Crippen LogP contribution in [0, 0.1) is 5.92 Å². The molecule has 3 rings (SSSR count). The molecule has 118 valence electrons. The van der Waals surface area contributed by atoms with Crippen molar-refractivity contribution in [1.82, 2.24) is 24.5 Å². The summed E-state index contributed by atoms with van der Waals surface area (Å²) >= 11 is 0. The number of sulfonamides is 1. The molecule has 1 atom stereocenters. The van der Waals surface area contributed by atoms with Crippen molar-refractivity contribution in [2.45, 2.75) is 19.3 Å². The molecule has 0 aliphatic carbocycles. The van der Waals surface area contributed by atoms with Crippen molar-refractivity contribution in [2.75, 3.05) is 19.3 Å². The third-order valence-corrected chi connectivity index (χ3v) is 5.20. The largest absolute Gasteiger partial charge is 0.285 e. The van der Waals surface area contributed by atoms with E-state index in [4.69, 9.17) is 0 Å². The van der Waals surface area contributed by atoms with E-state index >= 15 is 0 Å². The second-order valence-corrected chi connectivity index (χ2v) is 7.70. The smallest absolute Gasteiger partial charge is 0.211 e. The summed E-state index contributed by atoms with van der Waals surface area (Å²) in [7, 11) is -3.11. The van der Waals surface area contributed by atoms with E-state index in [2.05, 4.69) is 20.2 Å². The van der Waals surface area contributed by atoms with Gasteiger partial charge in [0, 0.05) is 31.0 Å². The van der Waals surface area contributed by atoms with Gasteiger partial charge in [-0.3, -0.25) is 10.1 Å². The standard InChI is InChI=1S/C14H19N5O2S/c1-22(20,21)19-4-2-3-11(10-19)5-13-8-15-9-14(18-13)12-6-16-17-7-12/h6-9,11H,2-5,10H2,1H3,(H,16,17)/t11-/m1/s1. The van der Waals surface area contributed by atoms with E-state index in [0.717, 1.165) is 36.2 Å². The van der Waals surface area contributed by atoms with Crippen LogP contribution in [0.25, 0.3) is 11.3 Å². The maximum atomic E-state index is 11.7. The zero-order chi connectivity index (χ0) is 15.6. The minimum absolute atomic E-state index is 0.289. The molecule has 1 aliphatic heterocycles. The molecule has 0 unspecified atom stereocenters. The molecular weight excluding hydrogens is 302 g/mol. The molecule has 2 aromatic heterocycles. The van der Waals surface area contributed by atoms with Gasteiger partial charge in [0.1, 0.15) is 0 Å². The van der Waals surface area contributed by atoms with Gasteiger partial charge in [-0.2, -0.15) is 5.10 Å². The van der Waals surface area contributed by atoms with Gasteiger partial charge < -0.3 is 0 Å². The molecule has 0 spiro atoms. The van der Waals surface area contributed by atoms with Crippen LogP contribution in [0.1, 0.15) is 18.5 Å². The first-order chi connectivity index (χ1) is 10.5. The van der Waals surface area contributed by atoms with Crippen LogP contribution in [0.4, 0.5) is 0 Å². The SMILES string of the molecule is CS(=O)(=O)N1CCC[C@H](Cc2cncc(-c3cn[nH]c3)n2)C1. The van der Waals surface area contributed by atoms with Gasteiger partial charge in [-0.15, -0.1) is 0 Å². The highest BCUT2D eigenvalue weighted by Crippen LogP contribution is 2.22. The molecule has 1 saturated heterocycles. The Balaban J connectivity index is 1.72. The van der Waals surface area contributed by atoms with Crippen LogP contribution in [0.15, 0.2) is 24.8 Å². The maximum Gasteiger partial charge on any atom is 0.211 e. The molecule has 8 heteroatoms. The number of aromatic amines is 1. The first kappa shape index (κ1) is 15.1. The van der Waals surface area contributed by atoms with Crippen molar-refractivity contribution < 1.29 is 8.42 Å². The number of nitrogens with one attached hydrogen (secondary N) is 1. The van der Waals surface area contributed by atoms with Gasteiger partial charge in [0.25, 0.3) is 0 Å². The lowest BCUT2D eigenvalue weighted by Gasteiger charge is -2.30. The molecule has 0 radical (unpaired) electrons. The highest BCUT2D eigenvalue weighted by Gasteiger charge is 2.26. The van der Waals surface area contributed by atoms with Gasteiger partial charge in [0.15, 0.2) is 0 Å². The van der Waals surface area contributed by atoms with Crippen molar-refractivity contribution >= 4 is 10.0 Å². The molecule has 1 aliphatic rings. The number of rotatable bonds is 4. The van der Waals surface area contributed by atoms with Crippen molar-refractivity contribution in [1.29, 1.82) is 0 Å². The van der Waals surface area contributed by atoms with Crippen molar-refractivity contribution in [3.63, 3.8) is 0 Å². The molecule has 7 nitrogen and oxygen atoms in total. The van der Waals surface area contributed by atoms with Gasteiger partial charge in [-0.25, -0.2) is 17.7 Å². The fourth-order valence-electron chi connectivity index (χ4n) is 2.83. The molecule has 0 bridgehead atoms. The second kappa shape index (κ2) is 6.13. The summed E-state index contributed by atoms with van der Waals surface area (Å²) in [4.78, 5) is 8.84. The van der Waals surface area contributed by atoms with Gasteiger partial charge in [-0.05, 0) is 25.2 Å². The van der Waals surface area contributed by atoms with E-state index in [9.17, 15) is 8.42 Å². The number of hydrogen-bond acceptors (Lipinski definition) is 5. The second-order valence-electron chi connectivity index (χ2n) is 5.72. The Hall–Kier alpha value is -1.80. The van der Waals surface area contributed by atoms with Crippen LogP contribution < -0.4 is 0 Å². The Morgan fingerprint density at radius 2 is 2.23 bits per heavy atom. The quantitative estimate of drug-likeness (QED) is 0.910. The van der Waals surface area contributed by atoms with E-state index in [1.54, 1.807) is 29.1 Å². The maximum absolute atomic E-state index is 11.7. The monoisotopic (exact) mass is 321 g/mol. The summed E-state index contributed by atoms with van der Waals surface area (Å²) in [6, 6.07) is 0. The first-order valence-corrected chi connectivity index (χ1v) is 9.12. The van der Waals surface area contributed by atoms with E-state index in [1.165, 1.54) is 6.26 Å². The molecule has 3 heterocycles. The Morgan fingerprint density at radius 3 is 2.95 bits per heavy atom. The van der Waals surface area contributed by atoms with Crippen molar-refractivity contribution in [2.24, 2.45) is 5.92 Å². The van der Waals surface area contributed by atoms with Crippen LogP contribution in [-0.4, -0.2) is 52.2 Å². The highest BCUT2D eigenvalue weighted by molar-refractivity contribution is 7.88. The minimum atomic E-state index is -3.11. The van der Waals surface area contributed by atoms with Crippen molar-refractivity contribution in [3.05, 3.63) is 30.5 Å². The fourth-order valence-corrected chi connectivity index (χ4v) is 3.77. The molecule has 1 N–H and O–H groups in total. The lowest BCUT2D eigenvalue weighted by molar-refractivity contribution is 0.265. The molecule has 0 aromatic carbocycles. The van der Waals surface area contributed by atoms with Gasteiger partial charge in [-0.1, -0.05) is 0 Å². The van der Waals surface area contributed by atoms with Crippen LogP contribution in [-0.2, 0) is 16.4 Å². The van der Waals surface area contributed by atoms with E-state index in [-0.39, 0.29) is 5.92 Å². The Morgan fingerprint density at radius 1 is 1.36 bits per heavy atom. The number of piperidine rings is 1. The average molecular weight is 321 g/mol. The first-order valence-electron chi connectivity index (χ1n) is 7.27. The van der Waals surface area contributed by atoms with Crippen molar-refractivity contribution in [3.8, 4) is 11.3 Å². The number of nitrogens with zero attached hydrogens (tertiary/aromatic N) is 4. The summed E-state index contributed by atoms with van der Waals surface area (Å²) in [5.41, 5.74) is 2.57.